The molecule has 0 spiro atoms. The highest BCUT2D eigenvalue weighted by molar-refractivity contribution is 5.54. The van der Waals surface area contributed by atoms with Crippen LogP contribution in [0.3, 0.4) is 0 Å². The summed E-state index contributed by atoms with van der Waals surface area (Å²) < 4.78 is 21.7. The first-order valence-corrected chi connectivity index (χ1v) is 6.67. The van der Waals surface area contributed by atoms with Gasteiger partial charge in [0.25, 0.3) is 0 Å². The Morgan fingerprint density at radius 2 is 1.60 bits per heavy atom. The van der Waals surface area contributed by atoms with Gasteiger partial charge in [-0.25, -0.2) is 0 Å². The van der Waals surface area contributed by atoms with Crippen LogP contribution in [0.4, 0.5) is 0 Å². The van der Waals surface area contributed by atoms with E-state index in [1.807, 2.05) is 26.0 Å². The minimum absolute atomic E-state index is 0.00634. The molecule has 0 saturated heterocycles. The average molecular weight is 283 g/mol. The van der Waals surface area contributed by atoms with Crippen molar-refractivity contribution in [2.75, 3.05) is 27.9 Å². The molecule has 2 unspecified atom stereocenters. The van der Waals surface area contributed by atoms with Crippen molar-refractivity contribution in [3.8, 4) is 17.2 Å². The van der Waals surface area contributed by atoms with Gasteiger partial charge < -0.3 is 24.7 Å². The predicted octanol–water partition coefficient (Wildman–Crippen LogP) is 2.01. The molecular weight excluding hydrogens is 258 g/mol. The minimum atomic E-state index is -0.00634. The van der Waals surface area contributed by atoms with E-state index < -0.39 is 0 Å². The second kappa shape index (κ2) is 7.97. The number of ether oxygens (including phenoxy) is 4. The lowest BCUT2D eigenvalue weighted by atomic mass is 10.1. The van der Waals surface area contributed by atoms with Gasteiger partial charge in [-0.2, -0.15) is 0 Å². The van der Waals surface area contributed by atoms with E-state index in [1.54, 1.807) is 21.3 Å². The molecule has 0 saturated carbocycles. The quantitative estimate of drug-likeness (QED) is 0.790. The van der Waals surface area contributed by atoms with Crippen molar-refractivity contribution in [2.24, 2.45) is 5.73 Å². The summed E-state index contributed by atoms with van der Waals surface area (Å²) in [6.07, 6.45) is 0.745. The fraction of sp³-hybridized carbons (Fsp3) is 0.600. The summed E-state index contributed by atoms with van der Waals surface area (Å²) in [7, 11) is 4.86. The summed E-state index contributed by atoms with van der Waals surface area (Å²) >= 11 is 0. The zero-order valence-corrected chi connectivity index (χ0v) is 12.9. The third kappa shape index (κ3) is 4.58. The SMILES string of the molecule is COc1cc(CC(C)N)cc(OC)c1OCC(C)OC. The van der Waals surface area contributed by atoms with Crippen LogP contribution in [0, 0.1) is 0 Å². The summed E-state index contributed by atoms with van der Waals surface area (Å²) in [6.45, 7) is 4.32. The monoisotopic (exact) mass is 283 g/mol. The van der Waals surface area contributed by atoms with Crippen LogP contribution in [0.15, 0.2) is 12.1 Å². The maximum Gasteiger partial charge on any atom is 0.203 e. The number of methoxy groups -OCH3 is 3. The molecule has 5 nitrogen and oxygen atoms in total. The molecule has 1 rings (SSSR count). The Kier molecular flexibility index (Phi) is 6.61. The Bertz CT molecular complexity index is 395. The second-order valence-corrected chi connectivity index (χ2v) is 4.87. The fourth-order valence-corrected chi connectivity index (χ4v) is 1.83. The van der Waals surface area contributed by atoms with Gasteiger partial charge in [0.2, 0.25) is 5.75 Å². The molecule has 2 N–H and O–H groups in total. The average Bonchev–Trinajstić information content (AvgIpc) is 2.43. The first-order chi connectivity index (χ1) is 9.51. The van der Waals surface area contributed by atoms with Crippen LogP contribution in [0.1, 0.15) is 19.4 Å². The zero-order valence-electron chi connectivity index (χ0n) is 12.9. The number of nitrogens with two attached hydrogens (primary N) is 1. The molecule has 0 heterocycles. The zero-order chi connectivity index (χ0) is 15.1. The molecule has 1 aromatic rings. The molecular formula is C15H25NO4. The molecule has 0 fully saturated rings. The number of hydrogen-bond donors (Lipinski definition) is 1. The van der Waals surface area contributed by atoms with Crippen LogP contribution in [-0.4, -0.2) is 40.1 Å². The smallest absolute Gasteiger partial charge is 0.203 e. The molecule has 5 heteroatoms. The van der Waals surface area contributed by atoms with Gasteiger partial charge in [0.1, 0.15) is 6.61 Å². The number of benzene rings is 1. The summed E-state index contributed by atoms with van der Waals surface area (Å²) in [5.41, 5.74) is 6.89. The highest BCUT2D eigenvalue weighted by atomic mass is 16.6. The highest BCUT2D eigenvalue weighted by Crippen LogP contribution is 2.38. The third-order valence-electron chi connectivity index (χ3n) is 2.94. The molecule has 20 heavy (non-hydrogen) atoms. The van der Waals surface area contributed by atoms with Gasteiger partial charge in [-0.3, -0.25) is 0 Å². The fourth-order valence-electron chi connectivity index (χ4n) is 1.83. The van der Waals surface area contributed by atoms with Gasteiger partial charge in [-0.05, 0) is 38.0 Å². The van der Waals surface area contributed by atoms with Crippen LogP contribution in [0.25, 0.3) is 0 Å². The van der Waals surface area contributed by atoms with Gasteiger partial charge in [0.15, 0.2) is 11.5 Å². The van der Waals surface area contributed by atoms with Crippen molar-refractivity contribution in [1.29, 1.82) is 0 Å². The maximum atomic E-state index is 5.83. The lowest BCUT2D eigenvalue weighted by Gasteiger charge is -2.18. The van der Waals surface area contributed by atoms with Crippen molar-refractivity contribution in [1.82, 2.24) is 0 Å². The van der Waals surface area contributed by atoms with Crippen molar-refractivity contribution in [3.63, 3.8) is 0 Å². The normalized spacial score (nSPS) is 13.7. The number of hydrogen-bond acceptors (Lipinski definition) is 5. The lowest BCUT2D eigenvalue weighted by molar-refractivity contribution is 0.0694. The van der Waals surface area contributed by atoms with Gasteiger partial charge in [0.05, 0.1) is 20.3 Å². The van der Waals surface area contributed by atoms with Crippen LogP contribution < -0.4 is 19.9 Å². The summed E-state index contributed by atoms with van der Waals surface area (Å²) in [5, 5.41) is 0. The van der Waals surface area contributed by atoms with Crippen LogP contribution in [-0.2, 0) is 11.2 Å². The number of rotatable bonds is 8. The molecule has 0 aliphatic rings. The molecule has 0 aliphatic carbocycles. The minimum Gasteiger partial charge on any atom is -0.493 e. The Hall–Kier alpha value is -1.46. The largest absolute Gasteiger partial charge is 0.493 e. The van der Waals surface area contributed by atoms with Gasteiger partial charge >= 0.3 is 0 Å². The van der Waals surface area contributed by atoms with Crippen LogP contribution in [0.5, 0.6) is 17.2 Å². The van der Waals surface area contributed by atoms with Crippen LogP contribution >= 0.6 is 0 Å². The van der Waals surface area contributed by atoms with E-state index in [-0.39, 0.29) is 12.1 Å². The summed E-state index contributed by atoms with van der Waals surface area (Å²) in [5.74, 6) is 1.87. The third-order valence-corrected chi connectivity index (χ3v) is 2.94. The first kappa shape index (κ1) is 16.6. The molecule has 0 aliphatic heterocycles. The van der Waals surface area contributed by atoms with Gasteiger partial charge in [-0.15, -0.1) is 0 Å². The molecule has 0 bridgehead atoms. The van der Waals surface area contributed by atoms with E-state index in [0.717, 1.165) is 12.0 Å². The van der Waals surface area contributed by atoms with Crippen LogP contribution in [0.2, 0.25) is 0 Å². The van der Waals surface area contributed by atoms with Gasteiger partial charge in [-0.1, -0.05) is 0 Å². The standard InChI is InChI=1S/C15H25NO4/c1-10(16)6-12-7-13(18-4)15(14(8-12)19-5)20-9-11(2)17-3/h7-8,10-11H,6,9,16H2,1-5H3. The molecule has 0 amide bonds. The van der Waals surface area contributed by atoms with E-state index in [0.29, 0.717) is 23.9 Å². The molecule has 2 atom stereocenters. The van der Waals surface area contributed by atoms with E-state index in [2.05, 4.69) is 0 Å². The first-order valence-electron chi connectivity index (χ1n) is 6.67. The van der Waals surface area contributed by atoms with Crippen molar-refractivity contribution >= 4 is 0 Å². The van der Waals surface area contributed by atoms with Crippen molar-refractivity contribution in [2.45, 2.75) is 32.4 Å². The van der Waals surface area contributed by atoms with E-state index in [4.69, 9.17) is 24.7 Å². The van der Waals surface area contributed by atoms with E-state index >= 15 is 0 Å². The highest BCUT2D eigenvalue weighted by Gasteiger charge is 2.16. The Morgan fingerprint density at radius 1 is 1.05 bits per heavy atom. The second-order valence-electron chi connectivity index (χ2n) is 4.87. The maximum absolute atomic E-state index is 5.83. The molecule has 0 radical (unpaired) electrons. The predicted molar refractivity (Wildman–Crippen MR) is 78.9 cm³/mol. The lowest BCUT2D eigenvalue weighted by Crippen LogP contribution is -2.18. The van der Waals surface area contributed by atoms with Crippen molar-refractivity contribution < 1.29 is 18.9 Å². The van der Waals surface area contributed by atoms with Gasteiger partial charge in [0, 0.05) is 13.2 Å². The van der Waals surface area contributed by atoms with Crippen molar-refractivity contribution in [3.05, 3.63) is 17.7 Å². The summed E-state index contributed by atoms with van der Waals surface area (Å²) in [4.78, 5) is 0. The Balaban J connectivity index is 3.01. The van der Waals surface area contributed by atoms with E-state index in [1.165, 1.54) is 0 Å². The topological polar surface area (TPSA) is 62.9 Å². The molecule has 1 aromatic carbocycles. The Labute approximate surface area is 121 Å². The Morgan fingerprint density at radius 3 is 2.00 bits per heavy atom. The summed E-state index contributed by atoms with van der Waals surface area (Å²) in [6, 6.07) is 3.93. The molecule has 114 valence electrons. The van der Waals surface area contributed by atoms with E-state index in [9.17, 15) is 0 Å². The molecule has 0 aromatic heterocycles.